The van der Waals surface area contributed by atoms with Crippen molar-refractivity contribution >= 4 is 44.2 Å². The third-order valence-electron chi connectivity index (χ3n) is 4.66. The fourth-order valence-electron chi connectivity index (χ4n) is 3.37. The van der Waals surface area contributed by atoms with Gasteiger partial charge in [-0.25, -0.2) is 9.97 Å². The summed E-state index contributed by atoms with van der Waals surface area (Å²) in [6.45, 7) is 8.58. The number of thiazole rings is 1. The molecular weight excluding hydrogens is 400 g/mol. The van der Waals surface area contributed by atoms with E-state index < -0.39 is 0 Å². The molecule has 1 aliphatic rings. The van der Waals surface area contributed by atoms with Gasteiger partial charge in [-0.1, -0.05) is 38.2 Å². The van der Waals surface area contributed by atoms with E-state index in [-0.39, 0.29) is 17.2 Å². The highest BCUT2D eigenvalue weighted by atomic mass is 32.1. The van der Waals surface area contributed by atoms with Crippen molar-refractivity contribution in [1.82, 2.24) is 9.97 Å². The molecule has 0 saturated carbocycles. The molecule has 4 rings (SSSR count). The van der Waals surface area contributed by atoms with Crippen LogP contribution in [0.3, 0.4) is 0 Å². The zero-order valence-electron chi connectivity index (χ0n) is 17.5. The van der Waals surface area contributed by atoms with Crippen LogP contribution in [0.1, 0.15) is 34.1 Å². The number of fused-ring (bicyclic) bond motifs is 2. The minimum absolute atomic E-state index is 0.0730. The van der Waals surface area contributed by atoms with Gasteiger partial charge in [-0.05, 0) is 29.2 Å². The maximum Gasteiger partial charge on any atom is 0.238 e. The number of aromatic nitrogens is 2. The molecule has 0 radical (unpaired) electrons. The summed E-state index contributed by atoms with van der Waals surface area (Å²) in [5, 5.41) is 3.30. The Morgan fingerprint density at radius 2 is 2.03 bits per heavy atom. The number of carbonyl (C=O) groups excluding carboxylic acids is 2. The lowest BCUT2D eigenvalue weighted by atomic mass is 9.91. The number of carbonyl (C=O) groups is 2. The zero-order chi connectivity index (χ0) is 21.5. The predicted octanol–water partition coefficient (Wildman–Crippen LogP) is 4.48. The van der Waals surface area contributed by atoms with Gasteiger partial charge in [0, 0.05) is 25.1 Å². The number of pyridine rings is 1. The Morgan fingerprint density at radius 3 is 2.77 bits per heavy atom. The Morgan fingerprint density at radius 1 is 1.23 bits per heavy atom. The van der Waals surface area contributed by atoms with E-state index in [0.717, 1.165) is 21.3 Å². The zero-order valence-corrected chi connectivity index (χ0v) is 18.3. The Labute approximate surface area is 179 Å². The van der Waals surface area contributed by atoms with Gasteiger partial charge in [-0.15, -0.1) is 0 Å². The number of benzene rings is 1. The van der Waals surface area contributed by atoms with Crippen molar-refractivity contribution in [2.45, 2.75) is 34.1 Å². The Kier molecular flexibility index (Phi) is 5.19. The van der Waals surface area contributed by atoms with E-state index in [2.05, 4.69) is 36.1 Å². The molecule has 0 bridgehead atoms. The highest BCUT2D eigenvalue weighted by Gasteiger charge is 2.28. The first-order valence-electron chi connectivity index (χ1n) is 9.81. The summed E-state index contributed by atoms with van der Waals surface area (Å²) in [5.41, 5.74) is 3.29. The van der Waals surface area contributed by atoms with Crippen LogP contribution in [0.4, 0.5) is 10.8 Å². The van der Waals surface area contributed by atoms with Crippen molar-refractivity contribution in [3.63, 3.8) is 0 Å². The first-order valence-corrected chi connectivity index (χ1v) is 10.6. The van der Waals surface area contributed by atoms with E-state index in [4.69, 9.17) is 4.74 Å². The topological polar surface area (TPSA) is 84.4 Å². The van der Waals surface area contributed by atoms with Crippen molar-refractivity contribution < 1.29 is 14.3 Å². The second-order valence-electron chi connectivity index (χ2n) is 8.56. The summed E-state index contributed by atoms with van der Waals surface area (Å²) < 4.78 is 6.65. The van der Waals surface area contributed by atoms with Gasteiger partial charge in [0.1, 0.15) is 12.3 Å². The maximum absolute atomic E-state index is 12.9. The van der Waals surface area contributed by atoms with Crippen LogP contribution in [0.25, 0.3) is 21.3 Å². The van der Waals surface area contributed by atoms with Gasteiger partial charge in [0.25, 0.3) is 0 Å². The van der Waals surface area contributed by atoms with Crippen LogP contribution in [-0.4, -0.2) is 34.9 Å². The fourth-order valence-corrected chi connectivity index (χ4v) is 4.32. The number of nitrogens with zero attached hydrogens (tertiary/aromatic N) is 3. The van der Waals surface area contributed by atoms with Gasteiger partial charge in [-0.3, -0.25) is 9.59 Å². The lowest BCUT2D eigenvalue weighted by molar-refractivity contribution is -0.120. The van der Waals surface area contributed by atoms with Gasteiger partial charge in [0.05, 0.1) is 16.8 Å². The molecule has 30 heavy (non-hydrogen) atoms. The number of nitrogens with one attached hydrogen (secondary N) is 1. The molecule has 0 unspecified atom stereocenters. The van der Waals surface area contributed by atoms with Gasteiger partial charge in [0.15, 0.2) is 5.13 Å². The predicted molar refractivity (Wildman–Crippen MR) is 119 cm³/mol. The van der Waals surface area contributed by atoms with Crippen LogP contribution < -0.4 is 15.0 Å². The van der Waals surface area contributed by atoms with Crippen molar-refractivity contribution in [3.8, 4) is 17.0 Å². The molecule has 0 atom stereocenters. The summed E-state index contributed by atoms with van der Waals surface area (Å²) in [7, 11) is 0. The van der Waals surface area contributed by atoms with E-state index in [1.54, 1.807) is 11.1 Å². The smallest absolute Gasteiger partial charge is 0.238 e. The van der Waals surface area contributed by atoms with E-state index in [1.807, 2.05) is 24.3 Å². The van der Waals surface area contributed by atoms with Crippen LogP contribution in [0.5, 0.6) is 5.88 Å². The summed E-state index contributed by atoms with van der Waals surface area (Å²) in [6, 6.07) is 7.87. The normalized spacial score (nSPS) is 13.7. The van der Waals surface area contributed by atoms with Gasteiger partial charge in [-0.2, -0.15) is 0 Å². The highest BCUT2D eigenvalue weighted by Crippen LogP contribution is 2.36. The van der Waals surface area contributed by atoms with Crippen molar-refractivity contribution in [1.29, 1.82) is 0 Å². The molecule has 8 heteroatoms. The summed E-state index contributed by atoms with van der Waals surface area (Å²) in [6.07, 6.45) is 2.21. The molecule has 156 valence electrons. The molecule has 2 aromatic heterocycles. The lowest BCUT2D eigenvalue weighted by Crippen LogP contribution is -2.39. The molecular formula is C22H24N4O3S. The molecule has 1 N–H and O–H groups in total. The highest BCUT2D eigenvalue weighted by molar-refractivity contribution is 7.22. The first-order chi connectivity index (χ1) is 14.2. The molecule has 3 heterocycles. The third kappa shape index (κ3) is 4.28. The summed E-state index contributed by atoms with van der Waals surface area (Å²) in [5.74, 6) is 0.413. The standard InChI is InChI=1S/C22H24N4O3S/c1-13(27)24-21-25-16-6-5-14(10-18(16)30-21)15-9-17-20(23-12-15)29-8-7-26(17)19(28)11-22(2,3)4/h5-6,9-10,12H,7-8,11H2,1-4H3,(H,24,25,27). The van der Waals surface area contributed by atoms with E-state index >= 15 is 0 Å². The number of amides is 2. The van der Waals surface area contributed by atoms with Crippen molar-refractivity contribution in [2.24, 2.45) is 5.41 Å². The van der Waals surface area contributed by atoms with Gasteiger partial charge in [0.2, 0.25) is 17.7 Å². The van der Waals surface area contributed by atoms with Crippen LogP contribution >= 0.6 is 11.3 Å². The van der Waals surface area contributed by atoms with Crippen LogP contribution in [0.15, 0.2) is 30.5 Å². The Balaban J connectivity index is 1.68. The average molecular weight is 425 g/mol. The maximum atomic E-state index is 12.9. The molecule has 0 spiro atoms. The number of rotatable bonds is 3. The molecule has 0 saturated heterocycles. The quantitative estimate of drug-likeness (QED) is 0.670. The van der Waals surface area contributed by atoms with Crippen LogP contribution in [-0.2, 0) is 9.59 Å². The molecule has 7 nitrogen and oxygen atoms in total. The van der Waals surface area contributed by atoms with Crippen molar-refractivity contribution in [3.05, 3.63) is 30.5 Å². The van der Waals surface area contributed by atoms with Crippen LogP contribution in [0.2, 0.25) is 0 Å². The molecule has 3 aromatic rings. The number of hydrogen-bond donors (Lipinski definition) is 1. The van der Waals surface area contributed by atoms with E-state index in [9.17, 15) is 9.59 Å². The van der Waals surface area contributed by atoms with Crippen LogP contribution in [0, 0.1) is 5.41 Å². The largest absolute Gasteiger partial charge is 0.474 e. The molecule has 2 amide bonds. The SMILES string of the molecule is CC(=O)Nc1nc2ccc(-c3cnc4c(c3)N(C(=O)CC(C)(C)C)CCO4)cc2s1. The first kappa shape index (κ1) is 20.3. The molecule has 1 aromatic carbocycles. The second kappa shape index (κ2) is 7.68. The minimum atomic E-state index is -0.145. The van der Waals surface area contributed by atoms with E-state index in [1.165, 1.54) is 18.3 Å². The molecule has 0 aliphatic carbocycles. The number of anilines is 2. The Bertz CT molecular complexity index is 1130. The van der Waals surface area contributed by atoms with Crippen molar-refractivity contribution in [2.75, 3.05) is 23.4 Å². The monoisotopic (exact) mass is 424 g/mol. The summed E-state index contributed by atoms with van der Waals surface area (Å²) in [4.78, 5) is 34.8. The molecule has 1 aliphatic heterocycles. The number of hydrogen-bond acceptors (Lipinski definition) is 6. The lowest BCUT2D eigenvalue weighted by Gasteiger charge is -2.31. The van der Waals surface area contributed by atoms with Gasteiger partial charge >= 0.3 is 0 Å². The fraction of sp³-hybridized carbons (Fsp3) is 0.364. The Hall–Kier alpha value is -3.00. The third-order valence-corrected chi connectivity index (χ3v) is 5.60. The van der Waals surface area contributed by atoms with E-state index in [0.29, 0.717) is 36.3 Å². The average Bonchev–Trinajstić information content (AvgIpc) is 3.06. The minimum Gasteiger partial charge on any atom is -0.474 e. The molecule has 0 fully saturated rings. The number of ether oxygens (including phenoxy) is 1. The van der Waals surface area contributed by atoms with Gasteiger partial charge < -0.3 is 15.0 Å². The second-order valence-corrected chi connectivity index (χ2v) is 9.59. The summed E-state index contributed by atoms with van der Waals surface area (Å²) >= 11 is 1.42.